The summed E-state index contributed by atoms with van der Waals surface area (Å²) in [6.45, 7) is 0. The van der Waals surface area contributed by atoms with Gasteiger partial charge in [0.25, 0.3) is 20.2 Å². The molecule has 4 N–H and O–H groups in total. The third-order valence-corrected chi connectivity index (χ3v) is 5.16. The largest absolute Gasteiger partial charge is 0.410 e. The highest BCUT2D eigenvalue weighted by Gasteiger charge is 2.19. The number of fused-ring (bicyclic) bond motifs is 2. The van der Waals surface area contributed by atoms with Crippen molar-refractivity contribution in [2.45, 2.75) is 9.79 Å². The number of aromatic nitrogens is 6. The van der Waals surface area contributed by atoms with Crippen molar-refractivity contribution < 1.29 is 36.4 Å². The van der Waals surface area contributed by atoms with Crippen LogP contribution in [0.25, 0.3) is 22.1 Å². The van der Waals surface area contributed by atoms with E-state index >= 15 is 0 Å². The second-order valence-electron chi connectivity index (χ2n) is 5.16. The Morgan fingerprint density at radius 2 is 1.04 bits per heavy atom. The Labute approximate surface area is 155 Å². The van der Waals surface area contributed by atoms with E-state index < -0.39 is 30.0 Å². The van der Waals surface area contributed by atoms with Gasteiger partial charge < -0.3 is 10.4 Å². The molecule has 4 aromatic rings. The Bertz CT molecular complexity index is 1280. The van der Waals surface area contributed by atoms with E-state index in [0.29, 0.717) is 9.69 Å². The van der Waals surface area contributed by atoms with Crippen LogP contribution in [0.4, 0.5) is 0 Å². The molecule has 2 aromatic carbocycles. The highest BCUT2D eigenvalue weighted by molar-refractivity contribution is 7.86. The number of benzene rings is 2. The monoisotopic (exact) mass is 430 g/mol. The molecular weight excluding hydrogens is 420 g/mol. The lowest BCUT2D eigenvalue weighted by atomic mass is 10.3. The van der Waals surface area contributed by atoms with Gasteiger partial charge in [0.05, 0.1) is 0 Å². The second kappa shape index (κ2) is 6.68. The first kappa shape index (κ1) is 19.4. The Balaban J connectivity index is 0.000000161. The van der Waals surface area contributed by atoms with Gasteiger partial charge in [0.2, 0.25) is 0 Å². The zero-order valence-electron chi connectivity index (χ0n) is 13.4. The van der Waals surface area contributed by atoms with Crippen LogP contribution in [0, 0.1) is 0 Å². The van der Waals surface area contributed by atoms with Crippen LogP contribution in [-0.2, 0) is 20.2 Å². The van der Waals surface area contributed by atoms with E-state index in [1.807, 2.05) is 0 Å². The maximum Gasteiger partial charge on any atom is 0.296 e. The number of hydrogen-bond donors (Lipinski definition) is 4. The molecule has 0 saturated carbocycles. The molecule has 0 spiro atoms. The standard InChI is InChI=1S/2C6H5N3O4S/c2*10-9-6-4(7-8-9)2-1-3-5(6)14(11,12)13/h2*1-3,10H,(H,11,12,13). The predicted molar refractivity (Wildman–Crippen MR) is 89.1 cm³/mol. The normalized spacial score (nSPS) is 12.1. The lowest BCUT2D eigenvalue weighted by Gasteiger charge is -1.98. The number of hydrogen-bond acceptors (Lipinski definition) is 10. The minimum atomic E-state index is -4.38. The maximum atomic E-state index is 10.9. The van der Waals surface area contributed by atoms with Crippen LogP contribution in [-0.4, -0.2) is 66.7 Å². The van der Waals surface area contributed by atoms with E-state index in [0.717, 1.165) is 12.1 Å². The average molecular weight is 430 g/mol. The van der Waals surface area contributed by atoms with Crippen molar-refractivity contribution in [2.24, 2.45) is 0 Å². The van der Waals surface area contributed by atoms with Gasteiger partial charge in [-0.1, -0.05) is 21.8 Å². The second-order valence-corrected chi connectivity index (χ2v) is 7.94. The Kier molecular flexibility index (Phi) is 4.63. The molecule has 16 heteroatoms. The van der Waals surface area contributed by atoms with Crippen LogP contribution < -0.4 is 0 Å². The maximum absolute atomic E-state index is 10.9. The highest BCUT2D eigenvalue weighted by Crippen LogP contribution is 2.20. The number of rotatable bonds is 2. The van der Waals surface area contributed by atoms with Gasteiger partial charge in [-0.25, -0.2) is 0 Å². The minimum Gasteiger partial charge on any atom is -0.410 e. The van der Waals surface area contributed by atoms with Gasteiger partial charge in [-0.2, -0.15) is 16.8 Å². The predicted octanol–water partition coefficient (Wildman–Crippen LogP) is -0.169. The van der Waals surface area contributed by atoms with Crippen molar-refractivity contribution in [3.05, 3.63) is 36.4 Å². The van der Waals surface area contributed by atoms with Gasteiger partial charge in [-0.05, 0) is 34.7 Å². The summed E-state index contributed by atoms with van der Waals surface area (Å²) in [5.41, 5.74) is 0.0789. The highest BCUT2D eigenvalue weighted by atomic mass is 32.2. The van der Waals surface area contributed by atoms with Crippen molar-refractivity contribution in [1.82, 2.24) is 30.3 Å². The molecule has 2 aromatic heterocycles. The quantitative estimate of drug-likeness (QED) is 0.241. The number of para-hydroxylation sites is 2. The zero-order valence-corrected chi connectivity index (χ0v) is 15.0. The summed E-state index contributed by atoms with van der Waals surface area (Å²) in [7, 11) is -8.77. The molecule has 4 rings (SSSR count). The minimum absolute atomic E-state index is 0.144. The molecule has 2 heterocycles. The first-order valence-corrected chi connectivity index (χ1v) is 9.90. The van der Waals surface area contributed by atoms with Gasteiger partial charge in [0.1, 0.15) is 20.8 Å². The lowest BCUT2D eigenvalue weighted by Crippen LogP contribution is -2.02. The number of nitrogens with zero attached hydrogens (tertiary/aromatic N) is 6. The molecule has 0 radical (unpaired) electrons. The zero-order chi connectivity index (χ0) is 20.7. The van der Waals surface area contributed by atoms with Crippen molar-refractivity contribution >= 4 is 42.3 Å². The summed E-state index contributed by atoms with van der Waals surface area (Å²) in [5.74, 6) is 0. The van der Waals surface area contributed by atoms with E-state index in [1.165, 1.54) is 24.3 Å². The SMILES string of the molecule is O=S(=O)(O)c1cccc2nnn(O)c12.O=S(=O)(O)c1cccc2nnn(O)c12. The molecule has 14 nitrogen and oxygen atoms in total. The fourth-order valence-electron chi connectivity index (χ4n) is 2.27. The van der Waals surface area contributed by atoms with Gasteiger partial charge in [0.15, 0.2) is 11.0 Å². The third kappa shape index (κ3) is 3.56. The van der Waals surface area contributed by atoms with Gasteiger partial charge >= 0.3 is 0 Å². The molecule has 28 heavy (non-hydrogen) atoms. The summed E-state index contributed by atoms with van der Waals surface area (Å²) >= 11 is 0. The average Bonchev–Trinajstić information content (AvgIpc) is 3.17. The summed E-state index contributed by atoms with van der Waals surface area (Å²) < 4.78 is 61.1. The molecule has 0 fully saturated rings. The lowest BCUT2D eigenvalue weighted by molar-refractivity contribution is 0.153. The van der Waals surface area contributed by atoms with E-state index in [4.69, 9.17) is 19.5 Å². The molecule has 0 amide bonds. The van der Waals surface area contributed by atoms with Crippen molar-refractivity contribution in [3.8, 4) is 0 Å². The van der Waals surface area contributed by atoms with Crippen molar-refractivity contribution in [2.75, 3.05) is 0 Å². The Morgan fingerprint density at radius 1 is 0.679 bits per heavy atom. The van der Waals surface area contributed by atoms with E-state index in [-0.39, 0.29) is 22.1 Å². The van der Waals surface area contributed by atoms with Gasteiger partial charge in [-0.3, -0.25) is 9.11 Å². The fraction of sp³-hybridized carbons (Fsp3) is 0. The van der Waals surface area contributed by atoms with E-state index in [9.17, 15) is 16.8 Å². The van der Waals surface area contributed by atoms with Crippen molar-refractivity contribution in [3.63, 3.8) is 0 Å². The Morgan fingerprint density at radius 3 is 1.36 bits per heavy atom. The van der Waals surface area contributed by atoms with Crippen molar-refractivity contribution in [1.29, 1.82) is 0 Å². The molecule has 0 bridgehead atoms. The van der Waals surface area contributed by atoms with E-state index in [2.05, 4.69) is 20.6 Å². The molecule has 0 unspecified atom stereocenters. The topological polar surface area (TPSA) is 211 Å². The van der Waals surface area contributed by atoms with Crippen LogP contribution >= 0.6 is 0 Å². The Hall–Kier alpha value is -3.34. The summed E-state index contributed by atoms with van der Waals surface area (Å²) in [6, 6.07) is 8.00. The smallest absolute Gasteiger partial charge is 0.296 e. The molecule has 0 atom stereocenters. The van der Waals surface area contributed by atoms with Crippen LogP contribution in [0.3, 0.4) is 0 Å². The van der Waals surface area contributed by atoms with Crippen LogP contribution in [0.15, 0.2) is 46.2 Å². The van der Waals surface area contributed by atoms with Gasteiger partial charge in [-0.15, -0.1) is 10.2 Å². The third-order valence-electron chi connectivity index (χ3n) is 3.39. The molecule has 0 aliphatic carbocycles. The summed E-state index contributed by atoms with van der Waals surface area (Å²) in [4.78, 5) is -0.248. The van der Waals surface area contributed by atoms with Crippen LogP contribution in [0.1, 0.15) is 0 Å². The first-order valence-electron chi connectivity index (χ1n) is 7.02. The molecule has 0 aliphatic rings. The van der Waals surface area contributed by atoms with Crippen LogP contribution in [0.5, 0.6) is 0 Å². The summed E-state index contributed by atoms with van der Waals surface area (Å²) in [6.07, 6.45) is 0. The first-order chi connectivity index (χ1) is 13.0. The molecule has 148 valence electrons. The molecule has 0 aliphatic heterocycles. The summed E-state index contributed by atoms with van der Waals surface area (Å²) in [5, 5.41) is 31.6. The van der Waals surface area contributed by atoms with Gasteiger partial charge in [0, 0.05) is 0 Å². The van der Waals surface area contributed by atoms with Crippen LogP contribution in [0.2, 0.25) is 0 Å². The van der Waals surface area contributed by atoms with E-state index in [1.54, 1.807) is 0 Å². The fourth-order valence-corrected chi connectivity index (χ4v) is 3.63. The molecule has 0 saturated heterocycles. The molecular formula is C12H10N6O8S2.